The van der Waals surface area contributed by atoms with Crippen LogP contribution in [0.1, 0.15) is 34.8 Å². The Morgan fingerprint density at radius 3 is 2.50 bits per heavy atom. The summed E-state index contributed by atoms with van der Waals surface area (Å²) < 4.78 is 10.6. The second kappa shape index (κ2) is 8.72. The summed E-state index contributed by atoms with van der Waals surface area (Å²) in [6, 6.07) is 10.4. The summed E-state index contributed by atoms with van der Waals surface area (Å²) in [6.45, 7) is 5.81. The fourth-order valence-corrected chi connectivity index (χ4v) is 2.69. The summed E-state index contributed by atoms with van der Waals surface area (Å²) in [5, 5.41) is 3.02. The minimum atomic E-state index is -0.659. The molecule has 5 nitrogen and oxygen atoms in total. The van der Waals surface area contributed by atoms with Crippen LogP contribution < -0.4 is 10.1 Å². The molecule has 1 N–H and O–H groups in total. The topological polar surface area (TPSA) is 64.6 Å². The molecule has 26 heavy (non-hydrogen) atoms. The standard InChI is InChI=1S/C20H22ClNO4/c1-5-17(26-18-9-6-12(2)10-13(18)3)19(23)22-14-7-8-16(21)15(11-14)20(24)25-4/h6-11,17H,5H2,1-4H3,(H,22,23). The minimum absolute atomic E-state index is 0.190. The van der Waals surface area contributed by atoms with E-state index in [0.29, 0.717) is 17.9 Å². The summed E-state index contributed by atoms with van der Waals surface area (Å²) >= 11 is 6.00. The molecule has 0 aliphatic rings. The third kappa shape index (κ3) is 4.76. The monoisotopic (exact) mass is 375 g/mol. The van der Waals surface area contributed by atoms with Crippen LogP contribution in [-0.2, 0) is 9.53 Å². The van der Waals surface area contributed by atoms with Crippen LogP contribution in [-0.4, -0.2) is 25.1 Å². The van der Waals surface area contributed by atoms with E-state index in [9.17, 15) is 9.59 Å². The van der Waals surface area contributed by atoms with Crippen molar-refractivity contribution in [1.29, 1.82) is 0 Å². The molecule has 0 aromatic heterocycles. The van der Waals surface area contributed by atoms with Crippen LogP contribution in [0.4, 0.5) is 5.69 Å². The third-order valence-electron chi connectivity index (χ3n) is 3.90. The van der Waals surface area contributed by atoms with Crippen molar-refractivity contribution < 1.29 is 19.1 Å². The average molecular weight is 376 g/mol. The summed E-state index contributed by atoms with van der Waals surface area (Å²) in [6.07, 6.45) is -0.162. The number of hydrogen-bond acceptors (Lipinski definition) is 4. The molecule has 2 aromatic rings. The Labute approximate surface area is 158 Å². The summed E-state index contributed by atoms with van der Waals surface area (Å²) in [5.74, 6) is -0.195. The number of halogens is 1. The maximum Gasteiger partial charge on any atom is 0.339 e. The number of methoxy groups -OCH3 is 1. The lowest BCUT2D eigenvalue weighted by Crippen LogP contribution is -2.32. The van der Waals surface area contributed by atoms with Crippen LogP contribution in [0, 0.1) is 13.8 Å². The van der Waals surface area contributed by atoms with Gasteiger partial charge >= 0.3 is 5.97 Å². The predicted molar refractivity (Wildman–Crippen MR) is 102 cm³/mol. The molecule has 0 heterocycles. The van der Waals surface area contributed by atoms with Gasteiger partial charge in [-0.15, -0.1) is 0 Å². The van der Waals surface area contributed by atoms with Gasteiger partial charge in [0.2, 0.25) is 0 Å². The normalized spacial score (nSPS) is 11.6. The first-order chi connectivity index (χ1) is 12.3. The molecule has 0 aliphatic heterocycles. The van der Waals surface area contributed by atoms with Crippen molar-refractivity contribution in [3.63, 3.8) is 0 Å². The van der Waals surface area contributed by atoms with E-state index in [-0.39, 0.29) is 16.5 Å². The maximum absolute atomic E-state index is 12.6. The zero-order chi connectivity index (χ0) is 19.3. The first kappa shape index (κ1) is 19.8. The molecular weight excluding hydrogens is 354 g/mol. The molecule has 1 amide bonds. The molecule has 1 unspecified atom stereocenters. The zero-order valence-corrected chi connectivity index (χ0v) is 16.0. The van der Waals surface area contributed by atoms with Crippen molar-refractivity contribution in [2.75, 3.05) is 12.4 Å². The number of carbonyl (C=O) groups is 2. The van der Waals surface area contributed by atoms with Crippen LogP contribution in [0.2, 0.25) is 5.02 Å². The lowest BCUT2D eigenvalue weighted by molar-refractivity contribution is -0.122. The molecule has 2 aromatic carbocycles. The molecule has 138 valence electrons. The van der Waals surface area contributed by atoms with Crippen molar-refractivity contribution in [1.82, 2.24) is 0 Å². The summed E-state index contributed by atoms with van der Waals surface area (Å²) in [7, 11) is 1.27. The van der Waals surface area contributed by atoms with E-state index in [1.165, 1.54) is 19.2 Å². The van der Waals surface area contributed by atoms with E-state index in [1.807, 2.05) is 39.0 Å². The van der Waals surface area contributed by atoms with Gasteiger partial charge in [-0.2, -0.15) is 0 Å². The molecule has 6 heteroatoms. The highest BCUT2D eigenvalue weighted by molar-refractivity contribution is 6.33. The number of rotatable bonds is 6. The molecule has 0 radical (unpaired) electrons. The number of esters is 1. The van der Waals surface area contributed by atoms with Gasteiger partial charge in [0.15, 0.2) is 6.10 Å². The maximum atomic E-state index is 12.6. The second-order valence-electron chi connectivity index (χ2n) is 5.96. The lowest BCUT2D eigenvalue weighted by atomic mass is 10.1. The van der Waals surface area contributed by atoms with Crippen LogP contribution in [0.3, 0.4) is 0 Å². The van der Waals surface area contributed by atoms with Gasteiger partial charge < -0.3 is 14.8 Å². The fourth-order valence-electron chi connectivity index (χ4n) is 2.50. The molecule has 0 spiro atoms. The number of carbonyl (C=O) groups excluding carboxylic acids is 2. The van der Waals surface area contributed by atoms with Crippen LogP contribution in [0.15, 0.2) is 36.4 Å². The number of anilines is 1. The van der Waals surface area contributed by atoms with Gasteiger partial charge in [-0.25, -0.2) is 4.79 Å². The fraction of sp³-hybridized carbons (Fsp3) is 0.300. The Balaban J connectivity index is 2.15. The Morgan fingerprint density at radius 2 is 1.88 bits per heavy atom. The molecule has 0 saturated carbocycles. The summed E-state index contributed by atoms with van der Waals surface area (Å²) in [5.41, 5.74) is 2.73. The molecule has 0 bridgehead atoms. The van der Waals surface area contributed by atoms with Crippen molar-refractivity contribution in [2.24, 2.45) is 0 Å². The van der Waals surface area contributed by atoms with Crippen LogP contribution >= 0.6 is 11.6 Å². The highest BCUT2D eigenvalue weighted by atomic mass is 35.5. The average Bonchev–Trinajstić information content (AvgIpc) is 2.62. The molecule has 1 atom stereocenters. The van der Waals surface area contributed by atoms with Crippen molar-refractivity contribution >= 4 is 29.2 Å². The van der Waals surface area contributed by atoms with Gasteiger partial charge in [0.25, 0.3) is 5.91 Å². The molecule has 2 rings (SSSR count). The Morgan fingerprint density at radius 1 is 1.15 bits per heavy atom. The van der Waals surface area contributed by atoms with E-state index in [1.54, 1.807) is 6.07 Å². The molecule has 0 aliphatic carbocycles. The van der Waals surface area contributed by atoms with Crippen molar-refractivity contribution in [3.05, 3.63) is 58.1 Å². The first-order valence-electron chi connectivity index (χ1n) is 8.28. The van der Waals surface area contributed by atoms with Gasteiger partial charge in [0, 0.05) is 5.69 Å². The SMILES string of the molecule is CCC(Oc1ccc(C)cc1C)C(=O)Nc1ccc(Cl)c(C(=O)OC)c1. The van der Waals surface area contributed by atoms with Gasteiger partial charge in [-0.05, 0) is 50.1 Å². The molecule has 0 fully saturated rings. The number of aryl methyl sites for hydroxylation is 2. The number of nitrogens with one attached hydrogen (secondary N) is 1. The van der Waals surface area contributed by atoms with E-state index < -0.39 is 12.1 Å². The van der Waals surface area contributed by atoms with Crippen molar-refractivity contribution in [2.45, 2.75) is 33.3 Å². The van der Waals surface area contributed by atoms with E-state index in [2.05, 4.69) is 10.1 Å². The molecule has 0 saturated heterocycles. The number of benzene rings is 2. The largest absolute Gasteiger partial charge is 0.480 e. The van der Waals surface area contributed by atoms with Gasteiger partial charge in [-0.3, -0.25) is 4.79 Å². The number of amides is 1. The summed E-state index contributed by atoms with van der Waals surface area (Å²) in [4.78, 5) is 24.3. The lowest BCUT2D eigenvalue weighted by Gasteiger charge is -2.19. The minimum Gasteiger partial charge on any atom is -0.480 e. The van der Waals surface area contributed by atoms with Gasteiger partial charge in [-0.1, -0.05) is 36.2 Å². The number of hydrogen-bond donors (Lipinski definition) is 1. The van der Waals surface area contributed by atoms with Gasteiger partial charge in [0.05, 0.1) is 17.7 Å². The third-order valence-corrected chi connectivity index (χ3v) is 4.23. The predicted octanol–water partition coefficient (Wildman–Crippen LogP) is 4.54. The Kier molecular flexibility index (Phi) is 6.64. The highest BCUT2D eigenvalue weighted by Gasteiger charge is 2.20. The van der Waals surface area contributed by atoms with E-state index >= 15 is 0 Å². The highest BCUT2D eigenvalue weighted by Crippen LogP contribution is 2.23. The van der Waals surface area contributed by atoms with Crippen LogP contribution in [0.5, 0.6) is 5.75 Å². The Hall–Kier alpha value is -2.53. The molecular formula is C20H22ClNO4. The zero-order valence-electron chi connectivity index (χ0n) is 15.3. The second-order valence-corrected chi connectivity index (χ2v) is 6.37. The smallest absolute Gasteiger partial charge is 0.339 e. The first-order valence-corrected chi connectivity index (χ1v) is 8.66. The Bertz CT molecular complexity index is 819. The van der Waals surface area contributed by atoms with E-state index in [4.69, 9.17) is 16.3 Å². The quantitative estimate of drug-likeness (QED) is 0.753. The van der Waals surface area contributed by atoms with E-state index in [0.717, 1.165) is 11.1 Å². The van der Waals surface area contributed by atoms with Crippen molar-refractivity contribution in [3.8, 4) is 5.75 Å². The number of ether oxygens (including phenoxy) is 2. The van der Waals surface area contributed by atoms with Crippen LogP contribution in [0.25, 0.3) is 0 Å². The van der Waals surface area contributed by atoms with Gasteiger partial charge in [0.1, 0.15) is 5.75 Å².